The number of ketones is 1. The number of para-hydroxylation sites is 1. The van der Waals surface area contributed by atoms with Crippen LogP contribution in [0.2, 0.25) is 0 Å². The molecule has 1 saturated carbocycles. The molecular formula is C24H31N3O5S. The lowest BCUT2D eigenvalue weighted by atomic mass is 9.75. The van der Waals surface area contributed by atoms with Crippen LogP contribution in [-0.4, -0.2) is 60.6 Å². The molecule has 1 aromatic heterocycles. The van der Waals surface area contributed by atoms with E-state index in [9.17, 15) is 14.4 Å². The minimum atomic E-state index is -0.925. The van der Waals surface area contributed by atoms with Gasteiger partial charge in [-0.25, -0.2) is 9.78 Å². The number of rotatable bonds is 8. The van der Waals surface area contributed by atoms with Crippen molar-refractivity contribution in [2.24, 2.45) is 23.5 Å². The fraction of sp³-hybridized carbons (Fsp3) is 0.583. The van der Waals surface area contributed by atoms with Crippen LogP contribution < -0.4 is 5.73 Å². The maximum atomic E-state index is 13.6. The number of morpholine rings is 1. The van der Waals surface area contributed by atoms with Crippen LogP contribution >= 0.6 is 11.3 Å². The van der Waals surface area contributed by atoms with Crippen LogP contribution in [0.3, 0.4) is 0 Å². The Morgan fingerprint density at radius 1 is 1.15 bits per heavy atom. The zero-order chi connectivity index (χ0) is 23.2. The molecule has 33 heavy (non-hydrogen) atoms. The summed E-state index contributed by atoms with van der Waals surface area (Å²) in [6.45, 7) is 2.04. The molecule has 8 nitrogen and oxygen atoms in total. The van der Waals surface area contributed by atoms with Crippen molar-refractivity contribution in [1.82, 2.24) is 9.88 Å². The molecule has 2 fully saturated rings. The number of fused-ring (bicyclic) bond motifs is 1. The predicted molar refractivity (Wildman–Crippen MR) is 125 cm³/mol. The van der Waals surface area contributed by atoms with Gasteiger partial charge in [0.2, 0.25) is 5.91 Å². The van der Waals surface area contributed by atoms with Gasteiger partial charge in [-0.15, -0.1) is 11.3 Å². The SMILES string of the molecule is NC(=O)OCC(CC(C(=O)N1CCOCC1)C1CCCCC1)C(=O)c1nc2ccccc2s1. The van der Waals surface area contributed by atoms with Crippen molar-refractivity contribution in [2.45, 2.75) is 38.5 Å². The smallest absolute Gasteiger partial charge is 0.404 e. The molecule has 4 rings (SSSR count). The van der Waals surface area contributed by atoms with Crippen LogP contribution in [0.25, 0.3) is 10.2 Å². The maximum absolute atomic E-state index is 13.6. The molecular weight excluding hydrogens is 442 g/mol. The molecule has 2 amide bonds. The number of aromatic nitrogens is 1. The molecule has 0 spiro atoms. The number of amides is 2. The molecule has 1 aromatic carbocycles. The van der Waals surface area contributed by atoms with Gasteiger partial charge in [-0.2, -0.15) is 0 Å². The molecule has 1 aliphatic carbocycles. The topological polar surface area (TPSA) is 112 Å². The van der Waals surface area contributed by atoms with E-state index in [0.717, 1.165) is 35.9 Å². The second-order valence-electron chi connectivity index (χ2n) is 8.86. The molecule has 1 aliphatic heterocycles. The Hall–Kier alpha value is -2.52. The quantitative estimate of drug-likeness (QED) is 0.586. The Morgan fingerprint density at radius 2 is 1.88 bits per heavy atom. The summed E-state index contributed by atoms with van der Waals surface area (Å²) in [5.74, 6) is -0.883. The highest BCUT2D eigenvalue weighted by atomic mass is 32.1. The van der Waals surface area contributed by atoms with Gasteiger partial charge in [0.05, 0.1) is 29.3 Å². The lowest BCUT2D eigenvalue weighted by Crippen LogP contribution is -2.46. The van der Waals surface area contributed by atoms with E-state index in [0.29, 0.717) is 37.7 Å². The predicted octanol–water partition coefficient (Wildman–Crippen LogP) is 3.64. The van der Waals surface area contributed by atoms with E-state index in [2.05, 4.69) is 4.98 Å². The summed E-state index contributed by atoms with van der Waals surface area (Å²) in [5, 5.41) is 0.371. The molecule has 2 unspecified atom stereocenters. The number of hydrogen-bond donors (Lipinski definition) is 1. The molecule has 2 atom stereocenters. The first kappa shape index (κ1) is 23.6. The fourth-order valence-electron chi connectivity index (χ4n) is 4.94. The van der Waals surface area contributed by atoms with Crippen molar-refractivity contribution in [1.29, 1.82) is 0 Å². The van der Waals surface area contributed by atoms with E-state index in [1.54, 1.807) is 0 Å². The number of nitrogens with zero attached hydrogens (tertiary/aromatic N) is 2. The van der Waals surface area contributed by atoms with Crippen molar-refractivity contribution in [3.05, 3.63) is 29.3 Å². The third kappa shape index (κ3) is 5.89. The van der Waals surface area contributed by atoms with Crippen molar-refractivity contribution in [3.63, 3.8) is 0 Å². The van der Waals surface area contributed by atoms with E-state index in [1.807, 2.05) is 29.2 Å². The summed E-state index contributed by atoms with van der Waals surface area (Å²) in [7, 11) is 0. The number of carbonyl (C=O) groups is 3. The lowest BCUT2D eigenvalue weighted by Gasteiger charge is -2.36. The zero-order valence-electron chi connectivity index (χ0n) is 18.7. The van der Waals surface area contributed by atoms with Crippen LogP contribution in [-0.2, 0) is 14.3 Å². The molecule has 2 aromatic rings. The molecule has 0 bridgehead atoms. The third-order valence-electron chi connectivity index (χ3n) is 6.70. The zero-order valence-corrected chi connectivity index (χ0v) is 19.6. The van der Waals surface area contributed by atoms with Gasteiger partial charge in [0.15, 0.2) is 10.8 Å². The van der Waals surface area contributed by atoms with Crippen molar-refractivity contribution in [2.75, 3.05) is 32.9 Å². The van der Waals surface area contributed by atoms with Crippen molar-refractivity contribution >= 4 is 39.3 Å². The average molecular weight is 474 g/mol. The minimum absolute atomic E-state index is 0.0753. The van der Waals surface area contributed by atoms with Crippen LogP contribution in [0.1, 0.15) is 48.3 Å². The van der Waals surface area contributed by atoms with E-state index >= 15 is 0 Å². The molecule has 2 N–H and O–H groups in total. The van der Waals surface area contributed by atoms with Crippen LogP contribution in [0, 0.1) is 17.8 Å². The summed E-state index contributed by atoms with van der Waals surface area (Å²) >= 11 is 1.32. The number of thiazole rings is 1. The average Bonchev–Trinajstić information content (AvgIpc) is 3.29. The van der Waals surface area contributed by atoms with Gasteiger partial charge in [0, 0.05) is 19.0 Å². The summed E-state index contributed by atoms with van der Waals surface area (Å²) in [5.41, 5.74) is 5.97. The summed E-state index contributed by atoms with van der Waals surface area (Å²) in [6.07, 6.45) is 4.69. The number of Topliss-reactive ketones (excluding diaryl/α,β-unsaturated/α-hetero) is 1. The third-order valence-corrected chi connectivity index (χ3v) is 7.75. The number of primary amides is 1. The number of benzene rings is 1. The van der Waals surface area contributed by atoms with E-state index in [1.165, 1.54) is 17.8 Å². The Labute approximate surface area is 197 Å². The van der Waals surface area contributed by atoms with Gasteiger partial charge >= 0.3 is 6.09 Å². The molecule has 9 heteroatoms. The first-order valence-electron chi connectivity index (χ1n) is 11.7. The molecule has 178 valence electrons. The largest absolute Gasteiger partial charge is 0.449 e. The summed E-state index contributed by atoms with van der Waals surface area (Å²) < 4.78 is 11.4. The van der Waals surface area contributed by atoms with Gasteiger partial charge in [-0.05, 0) is 37.3 Å². The van der Waals surface area contributed by atoms with Gasteiger partial charge < -0.3 is 20.1 Å². The molecule has 2 aliphatic rings. The second-order valence-corrected chi connectivity index (χ2v) is 9.89. The van der Waals surface area contributed by atoms with Gasteiger partial charge in [0.1, 0.15) is 6.61 Å². The molecule has 1 saturated heterocycles. The summed E-state index contributed by atoms with van der Waals surface area (Å²) in [6, 6.07) is 7.57. The van der Waals surface area contributed by atoms with Gasteiger partial charge in [-0.3, -0.25) is 9.59 Å². The number of hydrogen-bond acceptors (Lipinski definition) is 7. The first-order chi connectivity index (χ1) is 16.0. The lowest BCUT2D eigenvalue weighted by molar-refractivity contribution is -0.142. The van der Waals surface area contributed by atoms with Crippen LogP contribution in [0.15, 0.2) is 24.3 Å². The number of carbonyl (C=O) groups excluding carboxylic acids is 3. The molecule has 0 radical (unpaired) electrons. The standard InChI is InChI=1S/C24H31N3O5S/c25-24(30)32-15-17(21(28)22-26-19-8-4-5-9-20(19)33-22)14-18(16-6-2-1-3-7-16)23(29)27-10-12-31-13-11-27/h4-5,8-9,16-18H,1-3,6-7,10-15H2,(H2,25,30). The summed E-state index contributed by atoms with van der Waals surface area (Å²) in [4.78, 5) is 44.8. The Kier molecular flexibility index (Phi) is 7.93. The van der Waals surface area contributed by atoms with Crippen LogP contribution in [0.5, 0.6) is 0 Å². The van der Waals surface area contributed by atoms with E-state index in [-0.39, 0.29) is 30.1 Å². The number of ether oxygens (including phenoxy) is 2. The van der Waals surface area contributed by atoms with Crippen LogP contribution in [0.4, 0.5) is 4.79 Å². The first-order valence-corrected chi connectivity index (χ1v) is 12.5. The highest BCUT2D eigenvalue weighted by Gasteiger charge is 2.37. The highest BCUT2D eigenvalue weighted by Crippen LogP contribution is 2.36. The van der Waals surface area contributed by atoms with E-state index in [4.69, 9.17) is 15.2 Å². The highest BCUT2D eigenvalue weighted by molar-refractivity contribution is 7.20. The van der Waals surface area contributed by atoms with Crippen molar-refractivity contribution < 1.29 is 23.9 Å². The van der Waals surface area contributed by atoms with Gasteiger partial charge in [0.25, 0.3) is 0 Å². The normalized spacial score (nSPS) is 19.2. The van der Waals surface area contributed by atoms with Crippen molar-refractivity contribution in [3.8, 4) is 0 Å². The minimum Gasteiger partial charge on any atom is -0.449 e. The van der Waals surface area contributed by atoms with Gasteiger partial charge in [-0.1, -0.05) is 31.4 Å². The van der Waals surface area contributed by atoms with E-state index < -0.39 is 12.0 Å². The Balaban J connectivity index is 1.59. The number of nitrogens with two attached hydrogens (primary N) is 1. The second kappa shape index (κ2) is 11.1. The Bertz CT molecular complexity index is 948. The molecule has 2 heterocycles. The maximum Gasteiger partial charge on any atom is 0.404 e. The Morgan fingerprint density at radius 3 is 2.58 bits per heavy atom. The fourth-order valence-corrected chi connectivity index (χ4v) is 5.93. The monoisotopic (exact) mass is 473 g/mol.